The minimum Gasteiger partial charge on any atom is -0.443 e. The number of hydrogen-bond donors (Lipinski definition) is 0. The lowest BCUT2D eigenvalue weighted by atomic mass is 10.1. The van der Waals surface area contributed by atoms with Gasteiger partial charge < -0.3 is 9.47 Å². The summed E-state index contributed by atoms with van der Waals surface area (Å²) in [6.07, 6.45) is -0.391. The van der Waals surface area contributed by atoms with Gasteiger partial charge in [-0.05, 0) is 58.4 Å². The monoisotopic (exact) mass is 313 g/mol. The molecule has 1 atom stereocenters. The molecule has 118 valence electrons. The van der Waals surface area contributed by atoms with Crippen LogP contribution in [0.25, 0.3) is 0 Å². The molecule has 0 spiro atoms. The summed E-state index contributed by atoms with van der Waals surface area (Å²) in [5.41, 5.74) is 1.14. The van der Waals surface area contributed by atoms with Crippen molar-refractivity contribution in [1.29, 1.82) is 0 Å². The molecule has 1 amide bonds. The van der Waals surface area contributed by atoms with Crippen LogP contribution < -0.4 is 4.90 Å². The summed E-state index contributed by atoms with van der Waals surface area (Å²) in [6, 6.07) is 5.27. The minimum atomic E-state index is -0.553. The van der Waals surface area contributed by atoms with Gasteiger partial charge in [0.25, 0.3) is 0 Å². The van der Waals surface area contributed by atoms with E-state index in [1.54, 1.807) is 18.1 Å². The maximum Gasteiger partial charge on any atom is 0.415 e. The normalized spacial score (nSPS) is 12.9. The Bertz CT molecular complexity index is 497. The van der Waals surface area contributed by atoms with Crippen molar-refractivity contribution in [3.05, 3.63) is 28.8 Å². The lowest BCUT2D eigenvalue weighted by Gasteiger charge is -2.32. The molecule has 1 aromatic rings. The van der Waals surface area contributed by atoms with Gasteiger partial charge in [0.1, 0.15) is 5.60 Å². The van der Waals surface area contributed by atoms with Crippen molar-refractivity contribution in [3.8, 4) is 0 Å². The molecule has 0 aliphatic rings. The molecule has 5 heteroatoms. The number of rotatable bonds is 4. The molecule has 0 N–H and O–H groups in total. The molecule has 0 heterocycles. The lowest BCUT2D eigenvalue weighted by Crippen LogP contribution is -2.44. The van der Waals surface area contributed by atoms with Gasteiger partial charge in [0.2, 0.25) is 0 Å². The molecular formula is C16H24ClNO3. The fourth-order valence-electron chi connectivity index (χ4n) is 2.03. The summed E-state index contributed by atoms with van der Waals surface area (Å²) >= 11 is 5.99. The molecule has 0 saturated carbocycles. The molecule has 0 aliphatic heterocycles. The van der Waals surface area contributed by atoms with E-state index in [-0.39, 0.29) is 6.04 Å². The highest BCUT2D eigenvalue weighted by atomic mass is 35.5. The van der Waals surface area contributed by atoms with Crippen LogP contribution in [0.5, 0.6) is 0 Å². The second-order valence-electron chi connectivity index (χ2n) is 6.09. The van der Waals surface area contributed by atoms with Gasteiger partial charge in [-0.3, -0.25) is 4.90 Å². The third-order valence-electron chi connectivity index (χ3n) is 2.86. The van der Waals surface area contributed by atoms with E-state index in [9.17, 15) is 4.79 Å². The number of benzene rings is 1. The van der Waals surface area contributed by atoms with Gasteiger partial charge in [0.15, 0.2) is 0 Å². The van der Waals surface area contributed by atoms with Gasteiger partial charge in [0, 0.05) is 12.1 Å². The quantitative estimate of drug-likeness (QED) is 0.825. The van der Waals surface area contributed by atoms with Crippen LogP contribution >= 0.6 is 11.6 Å². The highest BCUT2D eigenvalue weighted by molar-refractivity contribution is 6.30. The summed E-state index contributed by atoms with van der Waals surface area (Å²) in [5, 5.41) is 0.639. The van der Waals surface area contributed by atoms with Crippen molar-refractivity contribution in [3.63, 3.8) is 0 Å². The number of aryl methyl sites for hydroxylation is 1. The Labute approximate surface area is 132 Å². The zero-order chi connectivity index (χ0) is 16.2. The van der Waals surface area contributed by atoms with Gasteiger partial charge in [-0.1, -0.05) is 11.6 Å². The Balaban J connectivity index is 3.16. The minimum absolute atomic E-state index is 0.148. The van der Waals surface area contributed by atoms with Crippen molar-refractivity contribution in [2.75, 3.05) is 18.6 Å². The fourth-order valence-corrected chi connectivity index (χ4v) is 2.26. The standard InChI is InChI=1S/C16H24ClNO3/c1-11-9-13(17)7-8-14(11)18(12(2)10-20-6)15(19)21-16(3,4)5/h7-9,12H,10H2,1-6H3. The number of nitrogens with zero attached hydrogens (tertiary/aromatic N) is 1. The van der Waals surface area contributed by atoms with Crippen LogP contribution in [-0.4, -0.2) is 31.5 Å². The van der Waals surface area contributed by atoms with E-state index >= 15 is 0 Å². The van der Waals surface area contributed by atoms with Crippen LogP contribution in [0.4, 0.5) is 10.5 Å². The second kappa shape index (κ2) is 7.14. The third kappa shape index (κ3) is 5.21. The third-order valence-corrected chi connectivity index (χ3v) is 3.09. The first kappa shape index (κ1) is 17.8. The van der Waals surface area contributed by atoms with Crippen LogP contribution in [0.15, 0.2) is 18.2 Å². The first-order chi connectivity index (χ1) is 9.65. The number of hydrogen-bond acceptors (Lipinski definition) is 3. The van der Waals surface area contributed by atoms with Gasteiger partial charge >= 0.3 is 6.09 Å². The second-order valence-corrected chi connectivity index (χ2v) is 6.52. The van der Waals surface area contributed by atoms with E-state index in [0.717, 1.165) is 11.3 Å². The molecule has 0 fully saturated rings. The highest BCUT2D eigenvalue weighted by Crippen LogP contribution is 2.27. The highest BCUT2D eigenvalue weighted by Gasteiger charge is 2.28. The molecule has 4 nitrogen and oxygen atoms in total. The fraction of sp³-hybridized carbons (Fsp3) is 0.562. The topological polar surface area (TPSA) is 38.8 Å². The summed E-state index contributed by atoms with van der Waals surface area (Å²) < 4.78 is 10.7. The summed E-state index contributed by atoms with van der Waals surface area (Å²) in [7, 11) is 1.61. The largest absolute Gasteiger partial charge is 0.443 e. The van der Waals surface area contributed by atoms with E-state index in [0.29, 0.717) is 11.6 Å². The van der Waals surface area contributed by atoms with Crippen LogP contribution in [0.1, 0.15) is 33.3 Å². The first-order valence-electron chi connectivity index (χ1n) is 6.93. The van der Waals surface area contributed by atoms with Crippen molar-refractivity contribution in [2.24, 2.45) is 0 Å². The molecule has 21 heavy (non-hydrogen) atoms. The number of carbonyl (C=O) groups excluding carboxylic acids is 1. The van der Waals surface area contributed by atoms with Crippen molar-refractivity contribution in [2.45, 2.75) is 46.3 Å². The Morgan fingerprint density at radius 1 is 1.38 bits per heavy atom. The van der Waals surface area contributed by atoms with Crippen molar-refractivity contribution in [1.82, 2.24) is 0 Å². The Morgan fingerprint density at radius 3 is 2.48 bits per heavy atom. The molecule has 1 aromatic carbocycles. The maximum atomic E-state index is 12.5. The van der Waals surface area contributed by atoms with E-state index in [2.05, 4.69) is 0 Å². The zero-order valence-corrected chi connectivity index (χ0v) is 14.3. The number of ether oxygens (including phenoxy) is 2. The summed E-state index contributed by atoms with van der Waals surface area (Å²) in [4.78, 5) is 14.1. The maximum absolute atomic E-state index is 12.5. The average Bonchev–Trinajstić information content (AvgIpc) is 2.30. The molecule has 0 radical (unpaired) electrons. The molecule has 0 saturated heterocycles. The molecule has 0 aliphatic carbocycles. The van der Waals surface area contributed by atoms with E-state index in [4.69, 9.17) is 21.1 Å². The van der Waals surface area contributed by atoms with E-state index < -0.39 is 11.7 Å². The van der Waals surface area contributed by atoms with Crippen LogP contribution in [0.3, 0.4) is 0 Å². The van der Waals surface area contributed by atoms with Crippen molar-refractivity contribution >= 4 is 23.4 Å². The Kier molecular flexibility index (Phi) is 6.05. The van der Waals surface area contributed by atoms with Gasteiger partial charge in [-0.2, -0.15) is 0 Å². The first-order valence-corrected chi connectivity index (χ1v) is 7.31. The molecule has 1 rings (SSSR count). The van der Waals surface area contributed by atoms with E-state index in [1.807, 2.05) is 46.8 Å². The van der Waals surface area contributed by atoms with Crippen LogP contribution in [-0.2, 0) is 9.47 Å². The Morgan fingerprint density at radius 2 is 2.00 bits per heavy atom. The summed E-state index contributed by atoms with van der Waals surface area (Å²) in [5.74, 6) is 0. The average molecular weight is 314 g/mol. The number of amides is 1. The SMILES string of the molecule is COCC(C)N(C(=O)OC(C)(C)C)c1ccc(Cl)cc1C. The number of methoxy groups -OCH3 is 1. The smallest absolute Gasteiger partial charge is 0.415 e. The Hall–Kier alpha value is -1.26. The van der Waals surface area contributed by atoms with Crippen molar-refractivity contribution < 1.29 is 14.3 Å². The predicted octanol–water partition coefficient (Wildman–Crippen LogP) is 4.42. The van der Waals surface area contributed by atoms with E-state index in [1.165, 1.54) is 0 Å². The van der Waals surface area contributed by atoms with Gasteiger partial charge in [0.05, 0.1) is 18.3 Å². The lowest BCUT2D eigenvalue weighted by molar-refractivity contribution is 0.0546. The molecular weight excluding hydrogens is 290 g/mol. The summed E-state index contributed by atoms with van der Waals surface area (Å²) in [6.45, 7) is 9.79. The number of anilines is 1. The predicted molar refractivity (Wildman–Crippen MR) is 86.2 cm³/mol. The molecule has 0 aromatic heterocycles. The van der Waals surface area contributed by atoms with Crippen LogP contribution in [0.2, 0.25) is 5.02 Å². The zero-order valence-electron chi connectivity index (χ0n) is 13.6. The number of carbonyl (C=O) groups is 1. The van der Waals surface area contributed by atoms with Gasteiger partial charge in [-0.15, -0.1) is 0 Å². The van der Waals surface area contributed by atoms with Crippen LogP contribution in [0, 0.1) is 6.92 Å². The molecule has 1 unspecified atom stereocenters. The number of halogens is 1. The molecule has 0 bridgehead atoms. The van der Waals surface area contributed by atoms with Gasteiger partial charge in [-0.25, -0.2) is 4.79 Å².